The van der Waals surface area contributed by atoms with Crippen molar-refractivity contribution in [3.8, 4) is 0 Å². The van der Waals surface area contributed by atoms with Gasteiger partial charge in [-0.05, 0) is 23.3 Å². The van der Waals surface area contributed by atoms with Crippen LogP contribution in [0, 0.1) is 0 Å². The molecule has 0 amide bonds. The third-order valence-corrected chi connectivity index (χ3v) is 4.27. The Morgan fingerprint density at radius 1 is 0.667 bits per heavy atom. The Labute approximate surface area is 142 Å². The molecule has 4 nitrogen and oxygen atoms in total. The molecule has 4 heteroatoms. The van der Waals surface area contributed by atoms with Gasteiger partial charge in [0.05, 0.1) is 17.8 Å². The molecule has 0 aliphatic carbocycles. The fraction of sp³-hybridized carbons (Fsp3) is 0.100. The minimum Gasteiger partial charge on any atom is -0.307 e. The number of benzene rings is 3. The molecule has 0 spiro atoms. The van der Waals surface area contributed by atoms with Crippen LogP contribution in [0.5, 0.6) is 0 Å². The largest absolute Gasteiger partial charge is 0.307 e. The zero-order valence-corrected chi connectivity index (χ0v) is 13.3. The highest BCUT2D eigenvalue weighted by Gasteiger charge is 2.40. The Hall–Kier alpha value is -2.66. The number of anilines is 1. The number of hydrogen-bond acceptors (Lipinski definition) is 4. The first-order chi connectivity index (χ1) is 11.9. The predicted molar refractivity (Wildman–Crippen MR) is 96.5 cm³/mol. The number of rotatable bonds is 5. The Bertz CT molecular complexity index is 759. The van der Waals surface area contributed by atoms with Gasteiger partial charge in [0.15, 0.2) is 0 Å². The van der Waals surface area contributed by atoms with Gasteiger partial charge in [-0.2, -0.15) is 10.7 Å². The number of hydrogen-bond donors (Lipinski definition) is 3. The maximum Gasteiger partial charge on any atom is 0.0875 e. The van der Waals surface area contributed by atoms with E-state index in [1.807, 2.05) is 47.6 Å². The Balaban J connectivity index is 1.52. The molecule has 1 aliphatic heterocycles. The predicted octanol–water partition coefficient (Wildman–Crippen LogP) is 3.82. The SMILES string of the molecule is c1ccc(NNN2N[C@H](c3ccccc3)[C@H]2c2ccccc2)cc1. The van der Waals surface area contributed by atoms with Gasteiger partial charge in [0.2, 0.25) is 0 Å². The number of nitrogens with one attached hydrogen (secondary N) is 3. The quantitative estimate of drug-likeness (QED) is 0.626. The first kappa shape index (κ1) is 14.9. The van der Waals surface area contributed by atoms with Crippen molar-refractivity contribution in [3.63, 3.8) is 0 Å². The fourth-order valence-electron chi connectivity index (χ4n) is 3.02. The summed E-state index contributed by atoms with van der Waals surface area (Å²) in [6, 6.07) is 31.6. The maximum atomic E-state index is 3.47. The van der Waals surface area contributed by atoms with Gasteiger partial charge in [-0.25, -0.2) is 5.43 Å². The summed E-state index contributed by atoms with van der Waals surface area (Å²) < 4.78 is 0. The first-order valence-electron chi connectivity index (χ1n) is 8.14. The van der Waals surface area contributed by atoms with E-state index in [9.17, 15) is 0 Å². The highest BCUT2D eigenvalue weighted by molar-refractivity contribution is 5.41. The summed E-state index contributed by atoms with van der Waals surface area (Å²) in [4.78, 5) is 0. The van der Waals surface area contributed by atoms with E-state index >= 15 is 0 Å². The number of nitrogens with zero attached hydrogens (tertiary/aromatic N) is 1. The van der Waals surface area contributed by atoms with E-state index in [0.29, 0.717) is 0 Å². The van der Waals surface area contributed by atoms with E-state index in [-0.39, 0.29) is 12.1 Å². The highest BCUT2D eigenvalue weighted by atomic mass is 15.9. The molecule has 0 radical (unpaired) electrons. The van der Waals surface area contributed by atoms with Crippen LogP contribution in [-0.2, 0) is 0 Å². The van der Waals surface area contributed by atoms with Crippen molar-refractivity contribution < 1.29 is 0 Å². The lowest BCUT2D eigenvalue weighted by Gasteiger charge is -2.49. The Morgan fingerprint density at radius 3 is 1.83 bits per heavy atom. The summed E-state index contributed by atoms with van der Waals surface area (Å²) in [5, 5.41) is 2.01. The molecule has 1 fully saturated rings. The molecule has 24 heavy (non-hydrogen) atoms. The van der Waals surface area contributed by atoms with Crippen molar-refractivity contribution in [2.75, 3.05) is 5.43 Å². The van der Waals surface area contributed by atoms with Gasteiger partial charge in [0.1, 0.15) is 0 Å². The van der Waals surface area contributed by atoms with Crippen LogP contribution in [0.15, 0.2) is 91.0 Å². The van der Waals surface area contributed by atoms with E-state index in [2.05, 4.69) is 64.9 Å². The molecule has 1 aliphatic rings. The lowest BCUT2D eigenvalue weighted by molar-refractivity contribution is -0.0751. The molecule has 0 aromatic heterocycles. The summed E-state index contributed by atoms with van der Waals surface area (Å²) in [6.07, 6.45) is 0. The standard InChI is InChI=1S/C20H20N4/c1-4-10-16(11-5-1)19-20(17-12-6-2-7-13-17)24(22-19)23-21-18-14-8-3-9-15-18/h1-15,19-23H/t19-,20-/m1/s1. The van der Waals surface area contributed by atoms with Crippen LogP contribution in [-0.4, -0.2) is 5.12 Å². The molecule has 3 aromatic carbocycles. The second kappa shape index (κ2) is 6.84. The molecule has 0 saturated carbocycles. The molecule has 3 aromatic rings. The second-order valence-electron chi connectivity index (χ2n) is 5.85. The van der Waals surface area contributed by atoms with E-state index in [1.54, 1.807) is 0 Å². The van der Waals surface area contributed by atoms with Crippen LogP contribution in [0.25, 0.3) is 0 Å². The molecule has 120 valence electrons. The third-order valence-electron chi connectivity index (χ3n) is 4.27. The van der Waals surface area contributed by atoms with Gasteiger partial charge in [-0.15, -0.1) is 0 Å². The summed E-state index contributed by atoms with van der Waals surface area (Å²) in [5.74, 6) is 0. The number of hydrazine groups is 3. The molecule has 1 saturated heterocycles. The molecule has 4 rings (SSSR count). The van der Waals surface area contributed by atoms with Gasteiger partial charge in [0, 0.05) is 0 Å². The summed E-state index contributed by atoms with van der Waals surface area (Å²) in [5.41, 5.74) is 13.5. The maximum absolute atomic E-state index is 3.47. The molecule has 1 heterocycles. The van der Waals surface area contributed by atoms with Gasteiger partial charge >= 0.3 is 0 Å². The molecule has 2 atom stereocenters. The number of para-hydroxylation sites is 1. The fourth-order valence-corrected chi connectivity index (χ4v) is 3.02. The topological polar surface area (TPSA) is 39.3 Å². The highest BCUT2D eigenvalue weighted by Crippen LogP contribution is 2.39. The van der Waals surface area contributed by atoms with E-state index in [1.165, 1.54) is 11.1 Å². The van der Waals surface area contributed by atoms with E-state index in [0.717, 1.165) is 5.69 Å². The molecule has 0 unspecified atom stereocenters. The van der Waals surface area contributed by atoms with Crippen molar-refractivity contribution in [3.05, 3.63) is 102 Å². The van der Waals surface area contributed by atoms with Crippen molar-refractivity contribution >= 4 is 5.69 Å². The molecular formula is C20H20N4. The van der Waals surface area contributed by atoms with Crippen molar-refractivity contribution in [2.45, 2.75) is 12.1 Å². The molecular weight excluding hydrogens is 296 g/mol. The van der Waals surface area contributed by atoms with Crippen LogP contribution in [0.3, 0.4) is 0 Å². The first-order valence-corrected chi connectivity index (χ1v) is 8.14. The van der Waals surface area contributed by atoms with Crippen LogP contribution in [0.4, 0.5) is 5.69 Å². The molecule has 0 bridgehead atoms. The Morgan fingerprint density at radius 2 is 1.21 bits per heavy atom. The van der Waals surface area contributed by atoms with Gasteiger partial charge in [-0.3, -0.25) is 0 Å². The van der Waals surface area contributed by atoms with Crippen LogP contribution < -0.4 is 16.4 Å². The molecule has 3 N–H and O–H groups in total. The second-order valence-corrected chi connectivity index (χ2v) is 5.85. The van der Waals surface area contributed by atoms with Gasteiger partial charge in [0.25, 0.3) is 0 Å². The minimum atomic E-state index is 0.213. The summed E-state index contributed by atoms with van der Waals surface area (Å²) in [6.45, 7) is 0. The van der Waals surface area contributed by atoms with Crippen LogP contribution >= 0.6 is 0 Å². The normalized spacial score (nSPS) is 20.3. The zero-order valence-electron chi connectivity index (χ0n) is 13.3. The van der Waals surface area contributed by atoms with E-state index in [4.69, 9.17) is 0 Å². The lowest BCUT2D eigenvalue weighted by atomic mass is 9.91. The average molecular weight is 316 g/mol. The zero-order chi connectivity index (χ0) is 16.2. The van der Waals surface area contributed by atoms with Crippen LogP contribution in [0.1, 0.15) is 23.2 Å². The lowest BCUT2D eigenvalue weighted by Crippen LogP contribution is -2.65. The average Bonchev–Trinajstić information content (AvgIpc) is 2.63. The van der Waals surface area contributed by atoms with Gasteiger partial charge in [-0.1, -0.05) is 78.9 Å². The Kier molecular flexibility index (Phi) is 4.25. The van der Waals surface area contributed by atoms with Crippen LogP contribution in [0.2, 0.25) is 0 Å². The summed E-state index contributed by atoms with van der Waals surface area (Å²) in [7, 11) is 0. The smallest absolute Gasteiger partial charge is 0.0875 e. The van der Waals surface area contributed by atoms with Crippen molar-refractivity contribution in [2.24, 2.45) is 0 Å². The third kappa shape index (κ3) is 3.03. The van der Waals surface area contributed by atoms with Crippen molar-refractivity contribution in [1.29, 1.82) is 0 Å². The van der Waals surface area contributed by atoms with E-state index < -0.39 is 0 Å². The monoisotopic (exact) mass is 316 g/mol. The van der Waals surface area contributed by atoms with Crippen molar-refractivity contribution in [1.82, 2.24) is 16.1 Å². The summed E-state index contributed by atoms with van der Waals surface area (Å²) >= 11 is 0. The minimum absolute atomic E-state index is 0.213. The van der Waals surface area contributed by atoms with Gasteiger partial charge < -0.3 is 5.43 Å².